The molecular formula is C7H12O4. The number of carbonyl (C=O) groups excluding carboxylic acids is 2. The van der Waals surface area contributed by atoms with Crippen molar-refractivity contribution in [1.29, 1.82) is 0 Å². The van der Waals surface area contributed by atoms with Gasteiger partial charge in [-0.25, -0.2) is 0 Å². The quantitative estimate of drug-likeness (QED) is 0.602. The Labute approximate surface area is 65.2 Å². The van der Waals surface area contributed by atoms with Crippen molar-refractivity contribution in [1.82, 2.24) is 0 Å². The molecular weight excluding hydrogens is 148 g/mol. The molecule has 64 valence electrons. The van der Waals surface area contributed by atoms with Crippen molar-refractivity contribution in [3.05, 3.63) is 0 Å². The summed E-state index contributed by atoms with van der Waals surface area (Å²) in [5.74, 6) is -0.958. The Morgan fingerprint density at radius 2 is 1.18 bits per heavy atom. The summed E-state index contributed by atoms with van der Waals surface area (Å²) < 4.78 is 0. The van der Waals surface area contributed by atoms with Crippen LogP contribution in [0, 0.1) is 0 Å². The fourth-order valence-electron chi connectivity index (χ4n) is 0.351. The van der Waals surface area contributed by atoms with Crippen LogP contribution in [0.3, 0.4) is 0 Å². The van der Waals surface area contributed by atoms with E-state index in [0.717, 1.165) is 6.92 Å². The Morgan fingerprint density at radius 3 is 1.18 bits per heavy atom. The molecule has 0 amide bonds. The molecule has 4 heteroatoms. The van der Waals surface area contributed by atoms with Crippen LogP contribution in [0.1, 0.15) is 27.2 Å². The van der Waals surface area contributed by atoms with Crippen LogP contribution in [-0.2, 0) is 14.4 Å². The topological polar surface area (TPSA) is 71.4 Å². The standard InChI is InChI=1S/C5H8O2.C2H4O2/c1-4(6)3-5(2)7;1-2(3)4/h3H2,1-2H3;1H3,(H,3,4). The molecule has 0 aliphatic carbocycles. The highest BCUT2D eigenvalue weighted by atomic mass is 16.4. The van der Waals surface area contributed by atoms with Gasteiger partial charge in [0.15, 0.2) is 0 Å². The van der Waals surface area contributed by atoms with Crippen LogP contribution in [0.5, 0.6) is 0 Å². The van der Waals surface area contributed by atoms with Crippen molar-refractivity contribution in [2.75, 3.05) is 0 Å². The molecule has 0 rings (SSSR count). The maximum absolute atomic E-state index is 10.0. The van der Waals surface area contributed by atoms with Crippen molar-refractivity contribution < 1.29 is 19.5 Å². The summed E-state index contributed by atoms with van der Waals surface area (Å²) in [5, 5.41) is 7.42. The van der Waals surface area contributed by atoms with Gasteiger partial charge >= 0.3 is 0 Å². The Morgan fingerprint density at radius 1 is 1.00 bits per heavy atom. The predicted octanol–water partition coefficient (Wildman–Crippen LogP) is 0.645. The highest BCUT2D eigenvalue weighted by Gasteiger charge is 1.94. The molecule has 0 aliphatic heterocycles. The second-order valence-corrected chi connectivity index (χ2v) is 2.10. The lowest BCUT2D eigenvalue weighted by atomic mass is 10.2. The van der Waals surface area contributed by atoms with Crippen LogP contribution in [0.4, 0.5) is 0 Å². The predicted molar refractivity (Wildman–Crippen MR) is 39.3 cm³/mol. The van der Waals surface area contributed by atoms with E-state index < -0.39 is 5.97 Å². The van der Waals surface area contributed by atoms with Crippen molar-refractivity contribution in [3.63, 3.8) is 0 Å². The second kappa shape index (κ2) is 6.92. The zero-order valence-corrected chi connectivity index (χ0v) is 6.88. The molecule has 1 N–H and O–H groups in total. The van der Waals surface area contributed by atoms with Gasteiger partial charge in [-0.2, -0.15) is 0 Å². The first-order valence-electron chi connectivity index (χ1n) is 3.04. The van der Waals surface area contributed by atoms with Crippen LogP contribution in [0.15, 0.2) is 0 Å². The van der Waals surface area contributed by atoms with E-state index in [0.29, 0.717) is 0 Å². The third kappa shape index (κ3) is 51.7. The van der Waals surface area contributed by atoms with Gasteiger partial charge in [-0.05, 0) is 13.8 Å². The fourth-order valence-corrected chi connectivity index (χ4v) is 0.351. The molecule has 0 unspecified atom stereocenters. The zero-order valence-electron chi connectivity index (χ0n) is 6.88. The van der Waals surface area contributed by atoms with Crippen LogP contribution in [-0.4, -0.2) is 22.6 Å². The first-order chi connectivity index (χ1) is 4.86. The number of Topliss-reactive ketones (excluding diaryl/α,β-unsaturated/α-hetero) is 2. The van der Waals surface area contributed by atoms with Gasteiger partial charge in [-0.1, -0.05) is 0 Å². The molecule has 0 atom stereocenters. The number of rotatable bonds is 2. The van der Waals surface area contributed by atoms with Gasteiger partial charge in [-0.15, -0.1) is 0 Å². The van der Waals surface area contributed by atoms with Crippen LogP contribution in [0.25, 0.3) is 0 Å². The molecule has 4 nitrogen and oxygen atoms in total. The van der Waals surface area contributed by atoms with Gasteiger partial charge in [0.1, 0.15) is 11.6 Å². The Kier molecular flexibility index (Phi) is 7.86. The second-order valence-electron chi connectivity index (χ2n) is 2.10. The van der Waals surface area contributed by atoms with Gasteiger partial charge in [-0.3, -0.25) is 14.4 Å². The lowest BCUT2D eigenvalue weighted by Gasteiger charge is -1.81. The van der Waals surface area contributed by atoms with Gasteiger partial charge in [0.25, 0.3) is 5.97 Å². The average Bonchev–Trinajstić information content (AvgIpc) is 1.56. The van der Waals surface area contributed by atoms with Crippen LogP contribution in [0.2, 0.25) is 0 Å². The Balaban J connectivity index is 0. The number of carboxylic acid groups (broad SMARTS) is 1. The molecule has 0 aromatic carbocycles. The number of hydrogen-bond acceptors (Lipinski definition) is 3. The maximum Gasteiger partial charge on any atom is 0.300 e. The molecule has 0 bridgehead atoms. The number of ketones is 2. The molecule has 0 aromatic rings. The number of aliphatic carboxylic acids is 1. The van der Waals surface area contributed by atoms with E-state index in [-0.39, 0.29) is 18.0 Å². The molecule has 0 radical (unpaired) electrons. The Hall–Kier alpha value is -1.19. The summed E-state index contributed by atoms with van der Waals surface area (Å²) >= 11 is 0. The minimum Gasteiger partial charge on any atom is -0.481 e. The lowest BCUT2D eigenvalue weighted by Crippen LogP contribution is -1.97. The summed E-state index contributed by atoms with van der Waals surface area (Å²) in [6, 6.07) is 0. The van der Waals surface area contributed by atoms with E-state index in [2.05, 4.69) is 0 Å². The third-order valence-corrected chi connectivity index (χ3v) is 0.498. The first-order valence-corrected chi connectivity index (χ1v) is 3.04. The summed E-state index contributed by atoms with van der Waals surface area (Å²) in [7, 11) is 0. The van der Waals surface area contributed by atoms with E-state index in [1.807, 2.05) is 0 Å². The van der Waals surface area contributed by atoms with Gasteiger partial charge in [0.2, 0.25) is 0 Å². The van der Waals surface area contributed by atoms with E-state index in [1.165, 1.54) is 13.8 Å². The Bertz CT molecular complexity index is 144. The van der Waals surface area contributed by atoms with Crippen molar-refractivity contribution in [2.24, 2.45) is 0 Å². The minimum absolute atomic E-state index is 0.0625. The number of carboxylic acids is 1. The van der Waals surface area contributed by atoms with Gasteiger partial charge in [0, 0.05) is 6.92 Å². The SMILES string of the molecule is CC(=O)CC(C)=O.CC(=O)O. The summed E-state index contributed by atoms with van der Waals surface area (Å²) in [5.41, 5.74) is 0. The number of hydrogen-bond donors (Lipinski definition) is 1. The average molecular weight is 160 g/mol. The van der Waals surface area contributed by atoms with Crippen molar-refractivity contribution in [3.8, 4) is 0 Å². The number of carbonyl (C=O) groups is 3. The van der Waals surface area contributed by atoms with E-state index >= 15 is 0 Å². The minimum atomic E-state index is -0.833. The van der Waals surface area contributed by atoms with Gasteiger partial charge in [0.05, 0.1) is 6.42 Å². The van der Waals surface area contributed by atoms with Gasteiger partial charge < -0.3 is 5.11 Å². The van der Waals surface area contributed by atoms with E-state index in [4.69, 9.17) is 9.90 Å². The monoisotopic (exact) mass is 160 g/mol. The van der Waals surface area contributed by atoms with Crippen LogP contribution < -0.4 is 0 Å². The smallest absolute Gasteiger partial charge is 0.300 e. The molecule has 0 spiro atoms. The molecule has 0 heterocycles. The lowest BCUT2D eigenvalue weighted by molar-refractivity contribution is -0.134. The summed E-state index contributed by atoms with van der Waals surface area (Å²) in [6.45, 7) is 3.89. The van der Waals surface area contributed by atoms with E-state index in [1.54, 1.807) is 0 Å². The van der Waals surface area contributed by atoms with Crippen LogP contribution >= 0.6 is 0 Å². The van der Waals surface area contributed by atoms with Crippen molar-refractivity contribution in [2.45, 2.75) is 27.2 Å². The third-order valence-electron chi connectivity index (χ3n) is 0.498. The highest BCUT2D eigenvalue weighted by Crippen LogP contribution is 1.80. The first kappa shape index (κ1) is 12.5. The highest BCUT2D eigenvalue weighted by molar-refractivity contribution is 5.96. The zero-order chi connectivity index (χ0) is 9.44. The molecule has 0 saturated carbocycles. The largest absolute Gasteiger partial charge is 0.481 e. The molecule has 0 fully saturated rings. The normalized spacial score (nSPS) is 7.55. The maximum atomic E-state index is 10.0. The molecule has 0 aliphatic rings. The molecule has 0 aromatic heterocycles. The molecule has 0 saturated heterocycles. The summed E-state index contributed by atoms with van der Waals surface area (Å²) in [4.78, 5) is 29.1. The fraction of sp³-hybridized carbons (Fsp3) is 0.571. The van der Waals surface area contributed by atoms with Crippen molar-refractivity contribution >= 4 is 17.5 Å². The van der Waals surface area contributed by atoms with E-state index in [9.17, 15) is 9.59 Å². The summed E-state index contributed by atoms with van der Waals surface area (Å²) in [6.07, 6.45) is 0.0833. The molecule has 11 heavy (non-hydrogen) atoms.